The first-order valence-corrected chi connectivity index (χ1v) is 25.9. The zero-order valence-electron chi connectivity index (χ0n) is 38.0. The highest BCUT2D eigenvalue weighted by Crippen LogP contribution is 2.37. The third kappa shape index (κ3) is 11.2. The van der Waals surface area contributed by atoms with Gasteiger partial charge in [-0.15, -0.1) is 0 Å². The monoisotopic (exact) mass is 932 g/mol. The number of hydrogen-bond donors (Lipinski definition) is 2. The van der Waals surface area contributed by atoms with Crippen LogP contribution in [-0.4, -0.2) is 133 Å². The number of hydrogen-bond acceptors (Lipinski definition) is 11. The lowest BCUT2D eigenvalue weighted by Crippen LogP contribution is -2.54. The van der Waals surface area contributed by atoms with Gasteiger partial charge in [-0.3, -0.25) is 34.3 Å². The van der Waals surface area contributed by atoms with E-state index in [0.29, 0.717) is 73.3 Å². The molecule has 3 fully saturated rings. The fraction of sp³-hybridized carbons (Fsp3) is 0.440. The molecule has 2 N–H and O–H groups in total. The number of piperazine rings is 1. The number of piperidine rings is 2. The van der Waals surface area contributed by atoms with Gasteiger partial charge in [-0.1, -0.05) is 59.8 Å². The minimum absolute atomic E-state index is 0.0214. The average molecular weight is 933 g/mol. The molecular formula is C50H58ClN8O6P. The minimum Gasteiger partial charge on any atom is -0.496 e. The number of anilines is 1. The van der Waals surface area contributed by atoms with Crippen molar-refractivity contribution < 1.29 is 28.5 Å². The van der Waals surface area contributed by atoms with Gasteiger partial charge in [0.1, 0.15) is 24.8 Å². The summed E-state index contributed by atoms with van der Waals surface area (Å²) < 4.78 is 18.9. The van der Waals surface area contributed by atoms with Crippen LogP contribution in [0.5, 0.6) is 5.75 Å². The van der Waals surface area contributed by atoms with Gasteiger partial charge in [0.15, 0.2) is 0 Å². The molecule has 0 spiro atoms. The summed E-state index contributed by atoms with van der Waals surface area (Å²) in [5, 5.41) is 6.72. The minimum atomic E-state index is -2.48. The maximum atomic E-state index is 13.1. The van der Waals surface area contributed by atoms with Crippen molar-refractivity contribution in [2.45, 2.75) is 70.0 Å². The molecule has 0 bridgehead atoms. The smallest absolute Gasteiger partial charge is 0.255 e. The largest absolute Gasteiger partial charge is 0.496 e. The molecule has 8 rings (SSSR count). The predicted molar refractivity (Wildman–Crippen MR) is 256 cm³/mol. The van der Waals surface area contributed by atoms with Crippen LogP contribution in [0.25, 0.3) is 0 Å². The quantitative estimate of drug-likeness (QED) is 0.0771. The van der Waals surface area contributed by atoms with Crippen molar-refractivity contribution in [2.75, 3.05) is 77.7 Å². The lowest BCUT2D eigenvalue weighted by atomic mass is 10.0. The molecule has 0 aliphatic carbocycles. The van der Waals surface area contributed by atoms with E-state index in [9.17, 15) is 23.7 Å². The number of fused-ring (bicyclic) bond motifs is 1. The molecule has 1 unspecified atom stereocenters. The Balaban J connectivity index is 0.745. The first kappa shape index (κ1) is 46.9. The third-order valence-electron chi connectivity index (χ3n) is 13.1. The summed E-state index contributed by atoms with van der Waals surface area (Å²) in [6.07, 6.45) is 6.57. The van der Waals surface area contributed by atoms with Crippen molar-refractivity contribution in [1.29, 1.82) is 0 Å². The number of carbonyl (C=O) groups is 4. The highest BCUT2D eigenvalue weighted by atomic mass is 35.5. The SMILES string of the molecule is COc1cc(N2CCC(N3CCN(CC(=O)NCCCC#Cc4cccc5c4CN(C4CCC(=O)NC4=O)C5=O)CC3)CC2)ccc1Cc1ncc(Cl)c(Cc2ccccc2P(C)(C)=O)n1. The molecule has 3 aromatic carbocycles. The molecule has 0 saturated carbocycles. The standard InChI is InChI=1S/C50H58ClN8O6P/c1-65-44-30-38(16-15-35(44)29-46-53-31-41(51)42(54-46)28-36-11-6-7-14-45(36)66(2,3)64)57-22-19-37(20-23-57)58-26-24-56(25-27-58)33-48(61)52-21-8-4-5-10-34-12-9-13-39-40(34)32-59(50(39)63)43-17-18-47(60)55-49(43)62/h6-7,9,11-16,30-31,37,43H,4,8,17-29,32-33H2,1-3H3,(H,52,61)(H,55,60,62). The molecule has 346 valence electrons. The van der Waals surface area contributed by atoms with Crippen LogP contribution >= 0.6 is 18.7 Å². The highest BCUT2D eigenvalue weighted by molar-refractivity contribution is 7.70. The van der Waals surface area contributed by atoms with Gasteiger partial charge in [-0.2, -0.15) is 0 Å². The second kappa shape index (κ2) is 20.9. The fourth-order valence-corrected chi connectivity index (χ4v) is 11.0. The van der Waals surface area contributed by atoms with Crippen LogP contribution in [0, 0.1) is 11.8 Å². The second-order valence-electron chi connectivity index (χ2n) is 17.9. The van der Waals surface area contributed by atoms with E-state index < -0.39 is 19.1 Å². The number of aromatic nitrogens is 2. The van der Waals surface area contributed by atoms with Crippen LogP contribution in [0.1, 0.15) is 82.7 Å². The molecule has 4 amide bonds. The van der Waals surface area contributed by atoms with Crippen molar-refractivity contribution in [3.05, 3.63) is 111 Å². The van der Waals surface area contributed by atoms with E-state index in [1.165, 1.54) is 4.90 Å². The Morgan fingerprint density at radius 1 is 0.955 bits per heavy atom. The first-order chi connectivity index (χ1) is 31.8. The first-order valence-electron chi connectivity index (χ1n) is 22.9. The Bertz CT molecular complexity index is 2590. The molecular weight excluding hydrogens is 875 g/mol. The normalized spacial score (nSPS) is 18.4. The van der Waals surface area contributed by atoms with Gasteiger partial charge in [0, 0.05) is 124 Å². The molecule has 66 heavy (non-hydrogen) atoms. The summed E-state index contributed by atoms with van der Waals surface area (Å²) in [5.74, 6) is 6.90. The zero-order valence-corrected chi connectivity index (χ0v) is 39.6. The van der Waals surface area contributed by atoms with E-state index >= 15 is 0 Å². The molecule has 4 aromatic rings. The topological polar surface area (TPSA) is 157 Å². The summed E-state index contributed by atoms with van der Waals surface area (Å²) in [6, 6.07) is 19.4. The fourth-order valence-electron chi connectivity index (χ4n) is 9.57. The molecule has 4 aliphatic heterocycles. The Hall–Kier alpha value is -5.58. The molecule has 16 heteroatoms. The lowest BCUT2D eigenvalue weighted by Gasteiger charge is -2.43. The van der Waals surface area contributed by atoms with E-state index in [1.54, 1.807) is 38.8 Å². The van der Waals surface area contributed by atoms with Crippen LogP contribution < -0.4 is 25.6 Å². The number of amides is 4. The van der Waals surface area contributed by atoms with Gasteiger partial charge in [0.25, 0.3) is 5.91 Å². The Kier molecular flexibility index (Phi) is 14.9. The molecule has 1 aromatic heterocycles. The maximum absolute atomic E-state index is 13.1. The van der Waals surface area contributed by atoms with Gasteiger partial charge in [-0.05, 0) is 68.3 Å². The summed E-state index contributed by atoms with van der Waals surface area (Å²) >= 11 is 6.57. The number of carbonyl (C=O) groups excluding carboxylic acids is 4. The number of unbranched alkanes of at least 4 members (excludes halogenated alkanes) is 1. The number of imide groups is 1. The van der Waals surface area contributed by atoms with Crippen LogP contribution in [0.2, 0.25) is 5.02 Å². The number of methoxy groups -OCH3 is 1. The van der Waals surface area contributed by atoms with Crippen molar-refractivity contribution in [3.63, 3.8) is 0 Å². The molecule has 4 aliphatic rings. The summed E-state index contributed by atoms with van der Waals surface area (Å²) in [5.41, 5.74) is 5.90. The lowest BCUT2D eigenvalue weighted by molar-refractivity contribution is -0.137. The second-order valence-corrected chi connectivity index (χ2v) is 21.5. The molecule has 5 heterocycles. The predicted octanol–water partition coefficient (Wildman–Crippen LogP) is 4.86. The van der Waals surface area contributed by atoms with Gasteiger partial charge in [-0.25, -0.2) is 9.97 Å². The van der Waals surface area contributed by atoms with Gasteiger partial charge in [0.05, 0.1) is 24.4 Å². The van der Waals surface area contributed by atoms with Crippen molar-refractivity contribution in [2.24, 2.45) is 0 Å². The van der Waals surface area contributed by atoms with Crippen LogP contribution in [0.3, 0.4) is 0 Å². The van der Waals surface area contributed by atoms with E-state index in [4.69, 9.17) is 21.3 Å². The van der Waals surface area contributed by atoms with E-state index in [2.05, 4.69) is 60.4 Å². The number of benzene rings is 3. The van der Waals surface area contributed by atoms with Crippen molar-refractivity contribution in [3.8, 4) is 17.6 Å². The Morgan fingerprint density at radius 3 is 2.50 bits per heavy atom. The molecule has 0 radical (unpaired) electrons. The van der Waals surface area contributed by atoms with Crippen molar-refractivity contribution in [1.82, 2.24) is 35.3 Å². The molecule has 14 nitrogen and oxygen atoms in total. The van der Waals surface area contributed by atoms with E-state index in [-0.39, 0.29) is 30.7 Å². The molecule has 1 atom stereocenters. The summed E-state index contributed by atoms with van der Waals surface area (Å²) in [7, 11) is -0.784. The number of halogens is 1. The number of rotatable bonds is 14. The van der Waals surface area contributed by atoms with E-state index in [1.807, 2.05) is 30.3 Å². The maximum Gasteiger partial charge on any atom is 0.255 e. The van der Waals surface area contributed by atoms with Gasteiger partial charge in [0.2, 0.25) is 17.7 Å². The summed E-state index contributed by atoms with van der Waals surface area (Å²) in [4.78, 5) is 68.2. The van der Waals surface area contributed by atoms with Crippen LogP contribution in [-0.2, 0) is 38.3 Å². The average Bonchev–Trinajstić information content (AvgIpc) is 3.64. The van der Waals surface area contributed by atoms with Gasteiger partial charge >= 0.3 is 0 Å². The van der Waals surface area contributed by atoms with Crippen molar-refractivity contribution >= 4 is 53.4 Å². The van der Waals surface area contributed by atoms with Gasteiger partial charge < -0.3 is 24.4 Å². The summed E-state index contributed by atoms with van der Waals surface area (Å²) in [6.45, 7) is 10.3. The molecule has 3 saturated heterocycles. The zero-order chi connectivity index (χ0) is 46.4. The third-order valence-corrected chi connectivity index (χ3v) is 15.1. The number of ether oxygens (including phenoxy) is 1. The van der Waals surface area contributed by atoms with Crippen LogP contribution in [0.4, 0.5) is 5.69 Å². The highest BCUT2D eigenvalue weighted by Gasteiger charge is 2.40. The number of nitrogens with zero attached hydrogens (tertiary/aromatic N) is 6. The number of nitrogens with one attached hydrogen (secondary N) is 2. The Labute approximate surface area is 392 Å². The van der Waals surface area contributed by atoms with E-state index in [0.717, 1.165) is 91.1 Å². The van der Waals surface area contributed by atoms with Crippen LogP contribution in [0.15, 0.2) is 66.9 Å². The Morgan fingerprint density at radius 2 is 1.74 bits per heavy atom.